The number of hydrogen-bond donors (Lipinski definition) is 0. The van der Waals surface area contributed by atoms with Gasteiger partial charge in [-0.05, 0) is 11.6 Å². The van der Waals surface area contributed by atoms with Crippen molar-refractivity contribution < 1.29 is 8.42 Å². The minimum absolute atomic E-state index is 0.313. The molecule has 0 unspecified atom stereocenters. The van der Waals surface area contributed by atoms with Gasteiger partial charge in [-0.2, -0.15) is 17.0 Å². The lowest BCUT2D eigenvalue weighted by atomic mass is 10.1. The molecule has 21 heavy (non-hydrogen) atoms. The molecule has 0 spiro atoms. The fraction of sp³-hybridized carbons (Fsp3) is 0.400. The average molecular weight is 307 g/mol. The second-order valence-electron chi connectivity index (χ2n) is 4.84. The monoisotopic (exact) mass is 307 g/mol. The molecule has 0 aliphatic rings. The van der Waals surface area contributed by atoms with Gasteiger partial charge in [0.1, 0.15) is 0 Å². The van der Waals surface area contributed by atoms with Gasteiger partial charge in [-0.15, -0.1) is 0 Å². The first-order chi connectivity index (χ1) is 10.0. The summed E-state index contributed by atoms with van der Waals surface area (Å²) in [4.78, 5) is 4.37. The van der Waals surface area contributed by atoms with E-state index in [0.29, 0.717) is 19.6 Å². The summed E-state index contributed by atoms with van der Waals surface area (Å²) in [6, 6.07) is 9.68. The van der Waals surface area contributed by atoms with Gasteiger partial charge >= 0.3 is 0 Å². The summed E-state index contributed by atoms with van der Waals surface area (Å²) in [6.45, 7) is 4.93. The first kappa shape index (κ1) is 15.9. The largest absolute Gasteiger partial charge is 0.282 e. The molecule has 0 radical (unpaired) electrons. The van der Waals surface area contributed by atoms with E-state index >= 15 is 0 Å². The number of rotatable bonds is 6. The molecular formula is C15H21N3O2S. The molecule has 0 fully saturated rings. The molecule has 0 bridgehead atoms. The van der Waals surface area contributed by atoms with Gasteiger partial charge in [-0.1, -0.05) is 38.1 Å². The third-order valence-electron chi connectivity index (χ3n) is 3.53. The van der Waals surface area contributed by atoms with E-state index in [4.69, 9.17) is 0 Å². The lowest BCUT2D eigenvalue weighted by Crippen LogP contribution is -2.41. The molecule has 2 aromatic rings. The van der Waals surface area contributed by atoms with E-state index in [1.165, 1.54) is 8.61 Å². The van der Waals surface area contributed by atoms with Crippen LogP contribution in [0, 0.1) is 0 Å². The van der Waals surface area contributed by atoms with E-state index in [2.05, 4.69) is 4.98 Å². The van der Waals surface area contributed by atoms with Crippen molar-refractivity contribution in [2.75, 3.05) is 20.1 Å². The van der Waals surface area contributed by atoms with E-state index < -0.39 is 10.2 Å². The van der Waals surface area contributed by atoms with Crippen LogP contribution in [0.15, 0.2) is 36.5 Å². The molecule has 0 amide bonds. The molecule has 0 saturated carbocycles. The molecule has 6 heteroatoms. The second kappa shape index (κ2) is 6.51. The third kappa shape index (κ3) is 3.23. The molecule has 0 atom stereocenters. The van der Waals surface area contributed by atoms with E-state index in [-0.39, 0.29) is 0 Å². The highest BCUT2D eigenvalue weighted by Gasteiger charge is 2.24. The van der Waals surface area contributed by atoms with Crippen LogP contribution in [0.3, 0.4) is 0 Å². The van der Waals surface area contributed by atoms with Crippen molar-refractivity contribution in [2.24, 2.45) is 0 Å². The van der Waals surface area contributed by atoms with Gasteiger partial charge in [0, 0.05) is 38.3 Å². The Kier molecular flexibility index (Phi) is 4.92. The maximum atomic E-state index is 12.5. The Balaban J connectivity index is 2.32. The maximum Gasteiger partial charge on any atom is 0.282 e. The Hall–Kier alpha value is -1.50. The minimum Gasteiger partial charge on any atom is -0.256 e. The summed E-state index contributed by atoms with van der Waals surface area (Å²) in [5.41, 5.74) is 1.76. The van der Waals surface area contributed by atoms with Crippen molar-refractivity contribution in [3.8, 4) is 0 Å². The lowest BCUT2D eigenvalue weighted by molar-refractivity contribution is 0.375. The fourth-order valence-corrected chi connectivity index (χ4v) is 3.71. The quantitative estimate of drug-likeness (QED) is 0.822. The number of benzene rings is 1. The summed E-state index contributed by atoms with van der Waals surface area (Å²) < 4.78 is 27.8. The first-order valence-corrected chi connectivity index (χ1v) is 8.44. The van der Waals surface area contributed by atoms with Crippen molar-refractivity contribution in [1.82, 2.24) is 13.6 Å². The van der Waals surface area contributed by atoms with Crippen LogP contribution in [-0.2, 0) is 16.8 Å². The van der Waals surface area contributed by atoms with Crippen molar-refractivity contribution in [3.05, 3.63) is 42.1 Å². The number of hydrogen-bond acceptors (Lipinski definition) is 3. The lowest BCUT2D eigenvalue weighted by Gasteiger charge is -2.25. The zero-order valence-electron chi connectivity index (χ0n) is 12.7. The zero-order chi connectivity index (χ0) is 15.5. The van der Waals surface area contributed by atoms with Gasteiger partial charge in [0.25, 0.3) is 10.2 Å². The second-order valence-corrected chi connectivity index (χ2v) is 6.88. The summed E-state index contributed by atoms with van der Waals surface area (Å²) >= 11 is 0. The summed E-state index contributed by atoms with van der Waals surface area (Å²) in [5.74, 6) is 0. The van der Waals surface area contributed by atoms with Gasteiger partial charge < -0.3 is 0 Å². The van der Waals surface area contributed by atoms with Crippen LogP contribution in [0.5, 0.6) is 0 Å². The first-order valence-electron chi connectivity index (χ1n) is 7.04. The highest BCUT2D eigenvalue weighted by molar-refractivity contribution is 7.86. The molecule has 5 nitrogen and oxygen atoms in total. The van der Waals surface area contributed by atoms with Crippen LogP contribution in [0.25, 0.3) is 10.9 Å². The standard InChI is InChI=1S/C15H21N3O2S/c1-4-18(5-2)21(19,20)17(3)12-14-9-6-8-13-10-7-11-16-15(13)14/h6-11H,4-5,12H2,1-3H3. The molecule has 0 saturated heterocycles. The van der Waals surface area contributed by atoms with Crippen LogP contribution < -0.4 is 0 Å². The number of pyridine rings is 1. The summed E-state index contributed by atoms with van der Waals surface area (Å²) in [6.07, 6.45) is 1.73. The Morgan fingerprint density at radius 2 is 1.76 bits per heavy atom. The highest BCUT2D eigenvalue weighted by atomic mass is 32.2. The van der Waals surface area contributed by atoms with Crippen LogP contribution in [0.2, 0.25) is 0 Å². The molecule has 1 aromatic carbocycles. The van der Waals surface area contributed by atoms with Crippen molar-refractivity contribution >= 4 is 21.1 Å². The van der Waals surface area contributed by atoms with E-state index in [9.17, 15) is 8.42 Å². The van der Waals surface area contributed by atoms with Gasteiger partial charge in [0.15, 0.2) is 0 Å². The minimum atomic E-state index is -3.43. The molecule has 1 aromatic heterocycles. The van der Waals surface area contributed by atoms with Gasteiger partial charge in [0.05, 0.1) is 5.52 Å². The van der Waals surface area contributed by atoms with Gasteiger partial charge in [-0.25, -0.2) is 0 Å². The predicted octanol–water partition coefficient (Wildman–Crippen LogP) is 2.25. The zero-order valence-corrected chi connectivity index (χ0v) is 13.5. The number of aromatic nitrogens is 1. The molecule has 2 rings (SSSR count). The molecule has 0 aliphatic carbocycles. The van der Waals surface area contributed by atoms with Crippen molar-refractivity contribution in [3.63, 3.8) is 0 Å². The van der Waals surface area contributed by atoms with Crippen LogP contribution in [0.4, 0.5) is 0 Å². The molecular weight excluding hydrogens is 286 g/mol. The van der Waals surface area contributed by atoms with E-state index in [1.54, 1.807) is 13.2 Å². The molecule has 0 N–H and O–H groups in total. The topological polar surface area (TPSA) is 53.5 Å². The average Bonchev–Trinajstić information content (AvgIpc) is 2.48. The van der Waals surface area contributed by atoms with E-state index in [1.807, 2.05) is 44.2 Å². The van der Waals surface area contributed by atoms with Gasteiger partial charge in [-0.3, -0.25) is 4.98 Å². The van der Waals surface area contributed by atoms with Crippen molar-refractivity contribution in [2.45, 2.75) is 20.4 Å². The number of fused-ring (bicyclic) bond motifs is 1. The number of para-hydroxylation sites is 1. The summed E-state index contributed by atoms with van der Waals surface area (Å²) in [5, 5.41) is 1.02. The highest BCUT2D eigenvalue weighted by Crippen LogP contribution is 2.19. The van der Waals surface area contributed by atoms with Crippen LogP contribution >= 0.6 is 0 Å². The maximum absolute atomic E-state index is 12.5. The van der Waals surface area contributed by atoms with Crippen LogP contribution in [-0.4, -0.2) is 42.1 Å². The van der Waals surface area contributed by atoms with Gasteiger partial charge in [0.2, 0.25) is 0 Å². The Labute approximate surface area is 126 Å². The van der Waals surface area contributed by atoms with Crippen LogP contribution in [0.1, 0.15) is 19.4 Å². The number of nitrogens with zero attached hydrogens (tertiary/aromatic N) is 3. The van der Waals surface area contributed by atoms with E-state index in [0.717, 1.165) is 16.5 Å². The molecule has 0 aliphatic heterocycles. The smallest absolute Gasteiger partial charge is 0.256 e. The fourth-order valence-electron chi connectivity index (χ4n) is 2.36. The molecule has 114 valence electrons. The third-order valence-corrected chi connectivity index (χ3v) is 5.62. The SMILES string of the molecule is CCN(CC)S(=O)(=O)N(C)Cc1cccc2cccnc12. The Bertz CT molecular complexity index is 706. The molecule has 1 heterocycles. The Morgan fingerprint density at radius 3 is 2.43 bits per heavy atom. The predicted molar refractivity (Wildman–Crippen MR) is 85.1 cm³/mol. The van der Waals surface area contributed by atoms with Crippen molar-refractivity contribution in [1.29, 1.82) is 0 Å². The normalized spacial score (nSPS) is 12.4. The Morgan fingerprint density at radius 1 is 1.10 bits per heavy atom. The summed E-state index contributed by atoms with van der Waals surface area (Å²) in [7, 11) is -1.82.